The minimum absolute atomic E-state index is 0.204. The fraction of sp³-hybridized carbons (Fsp3) is 0.929. The molecule has 1 saturated carbocycles. The van der Waals surface area contributed by atoms with Gasteiger partial charge in [0.1, 0.15) is 0 Å². The standard InChI is InChI=1S/C14H25NO3/c1-3-5-14(17)9-15(10-14)13(16)8-11-6-12(7-11)18-4-2/h11-12,17H,3-10H2,1-2H3. The molecule has 18 heavy (non-hydrogen) atoms. The summed E-state index contributed by atoms with van der Waals surface area (Å²) in [7, 11) is 0. The first-order valence-corrected chi connectivity index (χ1v) is 7.18. The number of carbonyl (C=O) groups excluding carboxylic acids is 1. The number of amides is 1. The maximum absolute atomic E-state index is 12.0. The molecule has 4 nitrogen and oxygen atoms in total. The Morgan fingerprint density at radius 2 is 2.06 bits per heavy atom. The van der Waals surface area contributed by atoms with E-state index in [0.717, 1.165) is 32.3 Å². The van der Waals surface area contributed by atoms with Gasteiger partial charge in [0.15, 0.2) is 0 Å². The molecular weight excluding hydrogens is 230 g/mol. The summed E-state index contributed by atoms with van der Waals surface area (Å²) in [5, 5.41) is 10.0. The Labute approximate surface area is 109 Å². The Hall–Kier alpha value is -0.610. The zero-order valence-electron chi connectivity index (χ0n) is 11.5. The van der Waals surface area contributed by atoms with Crippen molar-refractivity contribution in [2.45, 2.75) is 57.7 Å². The Morgan fingerprint density at radius 1 is 1.39 bits per heavy atom. The van der Waals surface area contributed by atoms with Gasteiger partial charge in [0.25, 0.3) is 0 Å². The van der Waals surface area contributed by atoms with Crippen molar-refractivity contribution in [3.8, 4) is 0 Å². The topological polar surface area (TPSA) is 49.8 Å². The number of aliphatic hydroxyl groups is 1. The second kappa shape index (κ2) is 5.57. The van der Waals surface area contributed by atoms with Crippen molar-refractivity contribution < 1.29 is 14.6 Å². The summed E-state index contributed by atoms with van der Waals surface area (Å²) in [5.74, 6) is 0.699. The number of ether oxygens (including phenoxy) is 1. The first kappa shape index (κ1) is 13.8. The van der Waals surface area contributed by atoms with Crippen LogP contribution in [0.5, 0.6) is 0 Å². The largest absolute Gasteiger partial charge is 0.386 e. The monoisotopic (exact) mass is 255 g/mol. The molecule has 0 spiro atoms. The van der Waals surface area contributed by atoms with E-state index < -0.39 is 5.60 Å². The third-order valence-corrected chi connectivity index (χ3v) is 4.10. The number of likely N-dealkylation sites (tertiary alicyclic amines) is 1. The molecule has 0 bridgehead atoms. The van der Waals surface area contributed by atoms with Crippen molar-refractivity contribution in [3.05, 3.63) is 0 Å². The number of β-amino-alcohol motifs (C(OH)–C–C–N with tert-alkyl or cyclic N) is 1. The zero-order chi connectivity index (χ0) is 13.2. The van der Waals surface area contributed by atoms with Crippen molar-refractivity contribution in [2.75, 3.05) is 19.7 Å². The predicted molar refractivity (Wildman–Crippen MR) is 69.2 cm³/mol. The third kappa shape index (κ3) is 3.04. The molecule has 1 aliphatic heterocycles. The van der Waals surface area contributed by atoms with E-state index >= 15 is 0 Å². The molecule has 2 aliphatic rings. The molecule has 104 valence electrons. The van der Waals surface area contributed by atoms with Crippen molar-refractivity contribution in [2.24, 2.45) is 5.92 Å². The first-order chi connectivity index (χ1) is 8.56. The molecule has 2 rings (SSSR count). The van der Waals surface area contributed by atoms with E-state index in [-0.39, 0.29) is 5.91 Å². The zero-order valence-corrected chi connectivity index (χ0v) is 11.5. The van der Waals surface area contributed by atoms with Gasteiger partial charge in [0.2, 0.25) is 5.91 Å². The minimum atomic E-state index is -0.599. The lowest BCUT2D eigenvalue weighted by Gasteiger charge is -2.47. The molecule has 1 saturated heterocycles. The second-order valence-corrected chi connectivity index (χ2v) is 5.84. The van der Waals surface area contributed by atoms with Crippen molar-refractivity contribution >= 4 is 5.91 Å². The van der Waals surface area contributed by atoms with Gasteiger partial charge in [-0.2, -0.15) is 0 Å². The molecule has 1 heterocycles. The van der Waals surface area contributed by atoms with E-state index in [1.807, 2.05) is 6.92 Å². The Bertz CT molecular complexity index is 293. The highest BCUT2D eigenvalue weighted by atomic mass is 16.5. The summed E-state index contributed by atoms with van der Waals surface area (Å²) in [4.78, 5) is 13.8. The number of carbonyl (C=O) groups is 1. The van der Waals surface area contributed by atoms with Crippen molar-refractivity contribution in [3.63, 3.8) is 0 Å². The maximum atomic E-state index is 12.0. The van der Waals surface area contributed by atoms with Crippen LogP contribution in [0.1, 0.15) is 46.0 Å². The summed E-state index contributed by atoms with van der Waals surface area (Å²) in [6, 6.07) is 0. The van der Waals surface area contributed by atoms with Gasteiger partial charge in [0.05, 0.1) is 24.8 Å². The Balaban J connectivity index is 1.63. The fourth-order valence-electron chi connectivity index (χ4n) is 3.05. The first-order valence-electron chi connectivity index (χ1n) is 7.18. The molecule has 4 heteroatoms. The minimum Gasteiger partial charge on any atom is -0.386 e. The summed E-state index contributed by atoms with van der Waals surface area (Å²) in [5.41, 5.74) is -0.599. The van der Waals surface area contributed by atoms with Crippen molar-refractivity contribution in [1.82, 2.24) is 4.90 Å². The SMILES string of the molecule is CCCC1(O)CN(C(=O)CC2CC(OCC)C2)C1. The van der Waals surface area contributed by atoms with Crippen LogP contribution < -0.4 is 0 Å². The Morgan fingerprint density at radius 3 is 2.61 bits per heavy atom. The highest BCUT2D eigenvalue weighted by molar-refractivity contribution is 5.77. The lowest BCUT2D eigenvalue weighted by molar-refractivity contribution is -0.159. The van der Waals surface area contributed by atoms with E-state index in [1.54, 1.807) is 4.90 Å². The van der Waals surface area contributed by atoms with Gasteiger partial charge in [-0.1, -0.05) is 13.3 Å². The van der Waals surface area contributed by atoms with Crippen LogP contribution >= 0.6 is 0 Å². The van der Waals surface area contributed by atoms with Crippen LogP contribution in [-0.4, -0.2) is 47.3 Å². The maximum Gasteiger partial charge on any atom is 0.223 e. The number of hydrogen-bond acceptors (Lipinski definition) is 3. The molecule has 0 atom stereocenters. The molecule has 0 radical (unpaired) electrons. The van der Waals surface area contributed by atoms with Gasteiger partial charge in [-0.15, -0.1) is 0 Å². The summed E-state index contributed by atoms with van der Waals surface area (Å²) in [6.07, 6.45) is 4.82. The van der Waals surface area contributed by atoms with E-state index in [1.165, 1.54) is 0 Å². The smallest absolute Gasteiger partial charge is 0.223 e. The van der Waals surface area contributed by atoms with Crippen LogP contribution in [0.3, 0.4) is 0 Å². The summed E-state index contributed by atoms with van der Waals surface area (Å²) < 4.78 is 5.49. The van der Waals surface area contributed by atoms with Crippen molar-refractivity contribution in [1.29, 1.82) is 0 Å². The molecule has 1 aliphatic carbocycles. The highest BCUT2D eigenvalue weighted by Crippen LogP contribution is 2.34. The van der Waals surface area contributed by atoms with Crippen LogP contribution in [0.15, 0.2) is 0 Å². The normalized spacial score (nSPS) is 29.6. The van der Waals surface area contributed by atoms with Gasteiger partial charge in [0, 0.05) is 13.0 Å². The van der Waals surface area contributed by atoms with E-state index in [2.05, 4.69) is 6.92 Å². The summed E-state index contributed by atoms with van der Waals surface area (Å²) >= 11 is 0. The predicted octanol–water partition coefficient (Wildman–Crippen LogP) is 1.57. The quantitative estimate of drug-likeness (QED) is 0.783. The Kier molecular flexibility index (Phi) is 4.28. The number of nitrogens with zero attached hydrogens (tertiary/aromatic N) is 1. The van der Waals surface area contributed by atoms with Crippen LogP contribution in [0, 0.1) is 5.92 Å². The van der Waals surface area contributed by atoms with Gasteiger partial charge >= 0.3 is 0 Å². The fourth-order valence-corrected chi connectivity index (χ4v) is 3.05. The van der Waals surface area contributed by atoms with Crippen LogP contribution in [0.4, 0.5) is 0 Å². The van der Waals surface area contributed by atoms with E-state index in [4.69, 9.17) is 4.74 Å². The lowest BCUT2D eigenvalue weighted by Crippen LogP contribution is -2.63. The van der Waals surface area contributed by atoms with E-state index in [9.17, 15) is 9.90 Å². The molecule has 0 aromatic heterocycles. The van der Waals surface area contributed by atoms with Crippen LogP contribution in [0.2, 0.25) is 0 Å². The number of hydrogen-bond donors (Lipinski definition) is 1. The summed E-state index contributed by atoms with van der Waals surface area (Å²) in [6.45, 7) is 5.89. The molecule has 0 aromatic carbocycles. The second-order valence-electron chi connectivity index (χ2n) is 5.84. The average molecular weight is 255 g/mol. The highest BCUT2D eigenvalue weighted by Gasteiger charge is 2.43. The van der Waals surface area contributed by atoms with Gasteiger partial charge in [-0.25, -0.2) is 0 Å². The number of rotatable bonds is 6. The molecule has 0 aromatic rings. The van der Waals surface area contributed by atoms with Crippen LogP contribution in [-0.2, 0) is 9.53 Å². The van der Waals surface area contributed by atoms with E-state index in [0.29, 0.717) is 31.5 Å². The van der Waals surface area contributed by atoms with Gasteiger partial charge in [-0.05, 0) is 32.1 Å². The molecular formula is C14H25NO3. The molecule has 0 unspecified atom stereocenters. The molecule has 1 N–H and O–H groups in total. The third-order valence-electron chi connectivity index (χ3n) is 4.10. The average Bonchev–Trinajstić information content (AvgIpc) is 2.23. The van der Waals surface area contributed by atoms with Gasteiger partial charge < -0.3 is 14.7 Å². The van der Waals surface area contributed by atoms with Gasteiger partial charge in [-0.3, -0.25) is 4.79 Å². The lowest BCUT2D eigenvalue weighted by atomic mass is 9.79. The van der Waals surface area contributed by atoms with Crippen LogP contribution in [0.25, 0.3) is 0 Å². The molecule has 1 amide bonds. The molecule has 2 fully saturated rings.